The number of aliphatic hydroxyl groups is 1. The van der Waals surface area contributed by atoms with Crippen molar-refractivity contribution in [3.8, 4) is 0 Å². The lowest BCUT2D eigenvalue weighted by atomic mass is 9.96. The summed E-state index contributed by atoms with van der Waals surface area (Å²) in [6.07, 6.45) is 2.34. The molecule has 1 aromatic carbocycles. The van der Waals surface area contributed by atoms with Gasteiger partial charge >= 0.3 is 0 Å². The van der Waals surface area contributed by atoms with Crippen molar-refractivity contribution in [3.05, 3.63) is 35.4 Å². The molecule has 1 heterocycles. The summed E-state index contributed by atoms with van der Waals surface area (Å²) in [5.41, 5.74) is 0.806. The first-order valence-corrected chi connectivity index (χ1v) is 8.14. The van der Waals surface area contributed by atoms with Crippen LogP contribution in [0.2, 0.25) is 0 Å². The van der Waals surface area contributed by atoms with E-state index in [1.807, 2.05) is 31.4 Å². The van der Waals surface area contributed by atoms with Crippen molar-refractivity contribution in [1.29, 1.82) is 0 Å². The fourth-order valence-electron chi connectivity index (χ4n) is 2.31. The lowest BCUT2D eigenvalue weighted by Crippen LogP contribution is -2.47. The summed E-state index contributed by atoms with van der Waals surface area (Å²) >= 11 is 1.72. The molecule has 1 saturated heterocycles. The molecule has 2 atom stereocenters. The maximum Gasteiger partial charge on any atom is 0.251 e. The molecule has 0 bridgehead atoms. The normalized spacial score (nSPS) is 25.6. The van der Waals surface area contributed by atoms with Crippen LogP contribution in [-0.2, 0) is 10.5 Å². The lowest BCUT2D eigenvalue weighted by molar-refractivity contribution is -0.0251. The Balaban J connectivity index is 1.96. The average Bonchev–Trinajstić information content (AvgIpc) is 2.77. The topological polar surface area (TPSA) is 58.6 Å². The van der Waals surface area contributed by atoms with Crippen LogP contribution in [-0.4, -0.2) is 42.1 Å². The van der Waals surface area contributed by atoms with E-state index in [1.54, 1.807) is 17.8 Å². The van der Waals surface area contributed by atoms with Crippen LogP contribution in [0.4, 0.5) is 0 Å². The maximum absolute atomic E-state index is 12.1. The molecule has 2 rings (SSSR count). The van der Waals surface area contributed by atoms with Gasteiger partial charge in [-0.2, -0.15) is 11.8 Å². The number of benzene rings is 1. The van der Waals surface area contributed by atoms with Crippen molar-refractivity contribution in [2.45, 2.75) is 30.8 Å². The Bertz CT molecular complexity index is 480. The molecular formula is C15H21NO3S. The Morgan fingerprint density at radius 2 is 2.40 bits per heavy atom. The zero-order chi connectivity index (χ0) is 14.6. The van der Waals surface area contributed by atoms with Gasteiger partial charge in [0, 0.05) is 30.9 Å². The summed E-state index contributed by atoms with van der Waals surface area (Å²) in [6.45, 7) is 2.59. The van der Waals surface area contributed by atoms with Crippen LogP contribution in [0.1, 0.15) is 29.3 Å². The van der Waals surface area contributed by atoms with Gasteiger partial charge in [-0.05, 0) is 30.9 Å². The Hall–Kier alpha value is -1.04. The summed E-state index contributed by atoms with van der Waals surface area (Å²) in [4.78, 5) is 12.1. The van der Waals surface area contributed by atoms with E-state index < -0.39 is 5.60 Å². The van der Waals surface area contributed by atoms with Crippen LogP contribution >= 0.6 is 11.8 Å². The van der Waals surface area contributed by atoms with Gasteiger partial charge in [0.05, 0.1) is 6.10 Å². The highest BCUT2D eigenvalue weighted by Gasteiger charge is 2.39. The van der Waals surface area contributed by atoms with Crippen LogP contribution < -0.4 is 5.32 Å². The number of amides is 1. The van der Waals surface area contributed by atoms with Crippen LogP contribution in [0.5, 0.6) is 0 Å². The van der Waals surface area contributed by atoms with E-state index in [4.69, 9.17) is 4.74 Å². The maximum atomic E-state index is 12.1. The third-order valence-corrected chi connectivity index (χ3v) is 4.34. The van der Waals surface area contributed by atoms with Crippen molar-refractivity contribution >= 4 is 17.7 Å². The van der Waals surface area contributed by atoms with Gasteiger partial charge in [-0.25, -0.2) is 0 Å². The molecule has 1 aromatic rings. The van der Waals surface area contributed by atoms with E-state index in [0.717, 1.165) is 11.3 Å². The molecule has 5 heteroatoms. The van der Waals surface area contributed by atoms with Crippen LogP contribution in [0.3, 0.4) is 0 Å². The third kappa shape index (κ3) is 3.53. The first-order chi connectivity index (χ1) is 9.55. The molecule has 2 unspecified atom stereocenters. The summed E-state index contributed by atoms with van der Waals surface area (Å²) in [5, 5.41) is 13.2. The minimum atomic E-state index is -0.952. The van der Waals surface area contributed by atoms with Gasteiger partial charge in [-0.3, -0.25) is 4.79 Å². The molecule has 20 heavy (non-hydrogen) atoms. The molecule has 4 nitrogen and oxygen atoms in total. The van der Waals surface area contributed by atoms with Gasteiger partial charge < -0.3 is 15.2 Å². The fraction of sp³-hybridized carbons (Fsp3) is 0.533. The van der Waals surface area contributed by atoms with E-state index in [-0.39, 0.29) is 18.6 Å². The monoisotopic (exact) mass is 295 g/mol. The molecule has 1 amide bonds. The number of hydrogen-bond donors (Lipinski definition) is 2. The van der Waals surface area contributed by atoms with E-state index in [0.29, 0.717) is 18.6 Å². The van der Waals surface area contributed by atoms with Gasteiger partial charge in [0.2, 0.25) is 0 Å². The Kier molecular flexibility index (Phi) is 5.07. The minimum absolute atomic E-state index is 0.152. The molecule has 0 spiro atoms. The van der Waals surface area contributed by atoms with Crippen LogP contribution in [0.25, 0.3) is 0 Å². The number of nitrogens with one attached hydrogen (secondary N) is 1. The molecule has 1 fully saturated rings. The summed E-state index contributed by atoms with van der Waals surface area (Å²) in [7, 11) is 0. The molecule has 110 valence electrons. The first-order valence-electron chi connectivity index (χ1n) is 6.75. The van der Waals surface area contributed by atoms with Crippen molar-refractivity contribution in [2.24, 2.45) is 0 Å². The van der Waals surface area contributed by atoms with Crippen molar-refractivity contribution < 1.29 is 14.6 Å². The zero-order valence-electron chi connectivity index (χ0n) is 11.9. The SMILES string of the molecule is CSCc1cccc(C(=O)NCC2(O)CCOC2C)c1. The standard InChI is InChI=1S/C15H21NO3S/c1-11-15(18,6-7-19-11)10-16-14(17)13-5-3-4-12(8-13)9-20-2/h3-5,8,11,18H,6-7,9-10H2,1-2H3,(H,16,17). The largest absolute Gasteiger partial charge is 0.385 e. The highest BCUT2D eigenvalue weighted by molar-refractivity contribution is 7.97. The average molecular weight is 295 g/mol. The highest BCUT2D eigenvalue weighted by atomic mass is 32.2. The number of carbonyl (C=O) groups is 1. The van der Waals surface area contributed by atoms with Crippen molar-refractivity contribution in [1.82, 2.24) is 5.32 Å². The Morgan fingerprint density at radius 3 is 3.05 bits per heavy atom. The predicted octanol–water partition coefficient (Wildman–Crippen LogP) is 1.82. The second-order valence-corrected chi connectivity index (χ2v) is 6.05. The number of thioether (sulfide) groups is 1. The Morgan fingerprint density at radius 1 is 1.60 bits per heavy atom. The van der Waals surface area contributed by atoms with Gasteiger partial charge in [-0.15, -0.1) is 0 Å². The molecule has 1 aliphatic rings. The van der Waals surface area contributed by atoms with Gasteiger partial charge in [0.15, 0.2) is 0 Å². The summed E-state index contributed by atoms with van der Waals surface area (Å²) in [5.74, 6) is 0.733. The van der Waals surface area contributed by atoms with E-state index in [9.17, 15) is 9.90 Å². The third-order valence-electron chi connectivity index (χ3n) is 3.71. The first kappa shape index (κ1) is 15.4. The molecule has 2 N–H and O–H groups in total. The molecule has 0 aromatic heterocycles. The number of hydrogen-bond acceptors (Lipinski definition) is 4. The van der Waals surface area contributed by atoms with Crippen LogP contribution in [0.15, 0.2) is 24.3 Å². The van der Waals surface area contributed by atoms with Crippen LogP contribution in [0, 0.1) is 0 Å². The molecular weight excluding hydrogens is 274 g/mol. The Labute approximate surface area is 123 Å². The van der Waals surface area contributed by atoms with E-state index >= 15 is 0 Å². The summed E-state index contributed by atoms with van der Waals surface area (Å²) < 4.78 is 5.35. The number of carbonyl (C=O) groups excluding carboxylic acids is 1. The smallest absolute Gasteiger partial charge is 0.251 e. The molecule has 0 radical (unpaired) electrons. The summed E-state index contributed by atoms with van der Waals surface area (Å²) in [6, 6.07) is 7.58. The molecule has 0 saturated carbocycles. The van der Waals surface area contributed by atoms with Gasteiger partial charge in [0.1, 0.15) is 5.60 Å². The van der Waals surface area contributed by atoms with E-state index in [1.165, 1.54) is 0 Å². The molecule has 0 aliphatic carbocycles. The molecule has 1 aliphatic heterocycles. The minimum Gasteiger partial charge on any atom is -0.385 e. The fourth-order valence-corrected chi connectivity index (χ4v) is 2.82. The van der Waals surface area contributed by atoms with Gasteiger partial charge in [-0.1, -0.05) is 12.1 Å². The number of rotatable bonds is 5. The number of ether oxygens (including phenoxy) is 1. The van der Waals surface area contributed by atoms with E-state index in [2.05, 4.69) is 5.32 Å². The zero-order valence-corrected chi connectivity index (χ0v) is 12.7. The van der Waals surface area contributed by atoms with Crippen molar-refractivity contribution in [3.63, 3.8) is 0 Å². The quantitative estimate of drug-likeness (QED) is 0.870. The lowest BCUT2D eigenvalue weighted by Gasteiger charge is -2.26. The highest BCUT2D eigenvalue weighted by Crippen LogP contribution is 2.24. The second-order valence-electron chi connectivity index (χ2n) is 5.18. The predicted molar refractivity (Wildman–Crippen MR) is 81.0 cm³/mol. The second kappa shape index (κ2) is 6.61. The van der Waals surface area contributed by atoms with Gasteiger partial charge in [0.25, 0.3) is 5.91 Å². The van der Waals surface area contributed by atoms with Crippen molar-refractivity contribution in [2.75, 3.05) is 19.4 Å².